The van der Waals surface area contributed by atoms with Gasteiger partial charge in [0.05, 0.1) is 12.2 Å². The standard InChI is InChI=1S/C15H23N3O2S/c1-6-20-12(19)8-18(9(2)3)15-13(14(16)21)10(4)7-11(5)17-15/h7,9H,6,8H2,1-5H3,(H2,16,21). The molecule has 0 bridgehead atoms. The molecule has 1 aromatic heterocycles. The van der Waals surface area contributed by atoms with Crippen LogP contribution in [0.25, 0.3) is 0 Å². The van der Waals surface area contributed by atoms with Crippen LogP contribution in [0.3, 0.4) is 0 Å². The minimum atomic E-state index is -0.291. The van der Waals surface area contributed by atoms with Gasteiger partial charge in [0.25, 0.3) is 0 Å². The van der Waals surface area contributed by atoms with E-state index in [2.05, 4.69) is 4.98 Å². The van der Waals surface area contributed by atoms with E-state index in [4.69, 9.17) is 22.7 Å². The molecule has 0 aromatic carbocycles. The first kappa shape index (κ1) is 17.4. The number of rotatable bonds is 6. The zero-order valence-electron chi connectivity index (χ0n) is 13.3. The van der Waals surface area contributed by atoms with Gasteiger partial charge in [0, 0.05) is 11.7 Å². The van der Waals surface area contributed by atoms with Crippen LogP contribution in [0.4, 0.5) is 5.82 Å². The molecule has 6 heteroatoms. The molecule has 0 aliphatic rings. The molecule has 0 saturated carbocycles. The molecule has 116 valence electrons. The Morgan fingerprint density at radius 3 is 2.57 bits per heavy atom. The first-order chi connectivity index (χ1) is 9.77. The highest BCUT2D eigenvalue weighted by Crippen LogP contribution is 2.24. The predicted molar refractivity (Wildman–Crippen MR) is 88.7 cm³/mol. The fourth-order valence-corrected chi connectivity index (χ4v) is 2.43. The van der Waals surface area contributed by atoms with Crippen LogP contribution in [-0.4, -0.2) is 35.1 Å². The van der Waals surface area contributed by atoms with Crippen molar-refractivity contribution in [2.24, 2.45) is 5.73 Å². The number of aryl methyl sites for hydroxylation is 2. The van der Waals surface area contributed by atoms with Gasteiger partial charge in [0.1, 0.15) is 17.4 Å². The van der Waals surface area contributed by atoms with Gasteiger partial charge in [-0.05, 0) is 46.2 Å². The van der Waals surface area contributed by atoms with Crippen molar-refractivity contribution in [1.82, 2.24) is 4.98 Å². The van der Waals surface area contributed by atoms with Gasteiger partial charge in [-0.2, -0.15) is 0 Å². The van der Waals surface area contributed by atoms with Gasteiger partial charge in [-0.15, -0.1) is 0 Å². The molecule has 0 fully saturated rings. The third-order valence-corrected chi connectivity index (χ3v) is 3.28. The van der Waals surface area contributed by atoms with Crippen molar-refractivity contribution >= 4 is 29.0 Å². The number of ether oxygens (including phenoxy) is 1. The summed E-state index contributed by atoms with van der Waals surface area (Å²) in [5.74, 6) is 0.351. The summed E-state index contributed by atoms with van der Waals surface area (Å²) in [5, 5.41) is 0. The minimum Gasteiger partial charge on any atom is -0.465 e. The van der Waals surface area contributed by atoms with Crippen LogP contribution < -0.4 is 10.6 Å². The summed E-state index contributed by atoms with van der Waals surface area (Å²) in [6.45, 7) is 10.1. The molecule has 1 heterocycles. The van der Waals surface area contributed by atoms with E-state index in [1.54, 1.807) is 6.92 Å². The second-order valence-electron chi connectivity index (χ2n) is 5.17. The average Bonchev–Trinajstić information content (AvgIpc) is 2.34. The summed E-state index contributed by atoms with van der Waals surface area (Å²) in [6, 6.07) is 2.00. The lowest BCUT2D eigenvalue weighted by atomic mass is 10.1. The molecular formula is C15H23N3O2S. The summed E-state index contributed by atoms with van der Waals surface area (Å²) in [5.41, 5.74) is 8.37. The highest BCUT2D eigenvalue weighted by atomic mass is 32.1. The maximum absolute atomic E-state index is 11.8. The third-order valence-electron chi connectivity index (χ3n) is 3.07. The summed E-state index contributed by atoms with van der Waals surface area (Å²) >= 11 is 5.15. The Hall–Kier alpha value is -1.69. The largest absolute Gasteiger partial charge is 0.465 e. The molecule has 0 aliphatic heterocycles. The fourth-order valence-electron chi connectivity index (χ4n) is 2.18. The van der Waals surface area contributed by atoms with Crippen LogP contribution in [0.15, 0.2) is 6.07 Å². The summed E-state index contributed by atoms with van der Waals surface area (Å²) in [6.07, 6.45) is 0. The maximum atomic E-state index is 11.8. The molecule has 21 heavy (non-hydrogen) atoms. The predicted octanol–water partition coefficient (Wildman–Crippen LogP) is 2.11. The van der Waals surface area contributed by atoms with E-state index in [1.807, 2.05) is 38.7 Å². The molecule has 0 atom stereocenters. The molecule has 5 nitrogen and oxygen atoms in total. The molecule has 0 amide bonds. The van der Waals surface area contributed by atoms with E-state index in [0.29, 0.717) is 18.0 Å². The van der Waals surface area contributed by atoms with Crippen LogP contribution in [0.2, 0.25) is 0 Å². The van der Waals surface area contributed by atoms with Crippen LogP contribution in [-0.2, 0) is 9.53 Å². The van der Waals surface area contributed by atoms with Crippen molar-refractivity contribution in [3.05, 3.63) is 22.9 Å². The van der Waals surface area contributed by atoms with E-state index in [1.165, 1.54) is 0 Å². The van der Waals surface area contributed by atoms with E-state index >= 15 is 0 Å². The number of hydrogen-bond acceptors (Lipinski definition) is 5. The average molecular weight is 309 g/mol. The number of carbonyl (C=O) groups is 1. The van der Waals surface area contributed by atoms with Gasteiger partial charge in [-0.3, -0.25) is 4.79 Å². The van der Waals surface area contributed by atoms with Crippen LogP contribution in [0.1, 0.15) is 37.6 Å². The van der Waals surface area contributed by atoms with Crippen molar-refractivity contribution < 1.29 is 9.53 Å². The normalized spacial score (nSPS) is 10.6. The summed E-state index contributed by atoms with van der Waals surface area (Å²) < 4.78 is 5.03. The van der Waals surface area contributed by atoms with Crippen molar-refractivity contribution in [3.63, 3.8) is 0 Å². The Labute approximate surface area is 131 Å². The van der Waals surface area contributed by atoms with Crippen molar-refractivity contribution in [1.29, 1.82) is 0 Å². The molecule has 0 saturated heterocycles. The Morgan fingerprint density at radius 1 is 1.48 bits per heavy atom. The first-order valence-corrected chi connectivity index (χ1v) is 7.39. The van der Waals surface area contributed by atoms with Gasteiger partial charge in [-0.1, -0.05) is 12.2 Å². The number of thiocarbonyl (C=S) groups is 1. The Balaban J connectivity index is 3.31. The van der Waals surface area contributed by atoms with Crippen molar-refractivity contribution in [2.45, 2.75) is 40.7 Å². The fraction of sp³-hybridized carbons (Fsp3) is 0.533. The number of anilines is 1. The van der Waals surface area contributed by atoms with E-state index < -0.39 is 0 Å². The Morgan fingerprint density at radius 2 is 2.10 bits per heavy atom. The minimum absolute atomic E-state index is 0.0659. The lowest BCUT2D eigenvalue weighted by molar-refractivity contribution is -0.141. The highest BCUT2D eigenvalue weighted by molar-refractivity contribution is 7.80. The lowest BCUT2D eigenvalue weighted by Crippen LogP contribution is -2.39. The SMILES string of the molecule is CCOC(=O)CN(c1nc(C)cc(C)c1C(N)=S)C(C)C. The van der Waals surface area contributed by atoms with E-state index in [0.717, 1.165) is 11.3 Å². The number of nitrogens with two attached hydrogens (primary N) is 1. The lowest BCUT2D eigenvalue weighted by Gasteiger charge is -2.29. The smallest absolute Gasteiger partial charge is 0.325 e. The number of pyridine rings is 1. The molecule has 1 rings (SSSR count). The first-order valence-electron chi connectivity index (χ1n) is 6.98. The zero-order valence-corrected chi connectivity index (χ0v) is 14.1. The van der Waals surface area contributed by atoms with Crippen molar-refractivity contribution in [3.8, 4) is 0 Å². The van der Waals surface area contributed by atoms with Gasteiger partial charge < -0.3 is 15.4 Å². The van der Waals surface area contributed by atoms with E-state index in [-0.39, 0.29) is 23.5 Å². The van der Waals surface area contributed by atoms with Crippen molar-refractivity contribution in [2.75, 3.05) is 18.1 Å². The van der Waals surface area contributed by atoms with E-state index in [9.17, 15) is 4.79 Å². The van der Waals surface area contributed by atoms with Gasteiger partial charge in [0.15, 0.2) is 0 Å². The van der Waals surface area contributed by atoms with Crippen LogP contribution in [0.5, 0.6) is 0 Å². The van der Waals surface area contributed by atoms with Gasteiger partial charge in [0.2, 0.25) is 0 Å². The molecule has 2 N–H and O–H groups in total. The quantitative estimate of drug-likeness (QED) is 0.641. The number of esters is 1. The second-order valence-corrected chi connectivity index (χ2v) is 5.61. The summed E-state index contributed by atoms with van der Waals surface area (Å²) in [4.78, 5) is 18.5. The van der Waals surface area contributed by atoms with Gasteiger partial charge >= 0.3 is 5.97 Å². The molecule has 0 radical (unpaired) electrons. The topological polar surface area (TPSA) is 68.5 Å². The molecule has 0 unspecified atom stereocenters. The second kappa shape index (κ2) is 7.36. The number of nitrogens with zero attached hydrogens (tertiary/aromatic N) is 2. The number of hydrogen-bond donors (Lipinski definition) is 1. The van der Waals surface area contributed by atoms with Crippen LogP contribution in [0, 0.1) is 13.8 Å². The molecule has 1 aromatic rings. The van der Waals surface area contributed by atoms with Crippen LogP contribution >= 0.6 is 12.2 Å². The molecule has 0 aliphatic carbocycles. The third kappa shape index (κ3) is 4.39. The van der Waals surface area contributed by atoms with Gasteiger partial charge in [-0.25, -0.2) is 4.98 Å². The maximum Gasteiger partial charge on any atom is 0.325 e. The molecule has 0 spiro atoms. The Kier molecular flexibility index (Phi) is 6.08. The molecular weight excluding hydrogens is 286 g/mol. The number of aromatic nitrogens is 1. The summed E-state index contributed by atoms with van der Waals surface area (Å²) in [7, 11) is 0. The zero-order chi connectivity index (χ0) is 16.2. The highest BCUT2D eigenvalue weighted by Gasteiger charge is 2.22. The monoisotopic (exact) mass is 309 g/mol. The Bertz CT molecular complexity index is 544. The number of carbonyl (C=O) groups excluding carboxylic acids is 1.